The zero-order chi connectivity index (χ0) is 13.5. The van der Waals surface area contributed by atoms with Crippen LogP contribution < -0.4 is 0 Å². The summed E-state index contributed by atoms with van der Waals surface area (Å²) in [5, 5.41) is 10.4. The molecule has 0 radical (unpaired) electrons. The van der Waals surface area contributed by atoms with Crippen molar-refractivity contribution >= 4 is 28.2 Å². The van der Waals surface area contributed by atoms with Crippen molar-refractivity contribution in [3.05, 3.63) is 45.1 Å². The van der Waals surface area contributed by atoms with Gasteiger partial charge in [-0.2, -0.15) is 13.2 Å². The predicted molar refractivity (Wildman–Crippen MR) is 58.4 cm³/mol. The molecular formula is C10H4ClF3N2O2. The number of hydrogen-bond donors (Lipinski definition) is 0. The molecule has 0 unspecified atom stereocenters. The average molecular weight is 277 g/mol. The van der Waals surface area contributed by atoms with Gasteiger partial charge >= 0.3 is 6.18 Å². The smallest absolute Gasteiger partial charge is 0.258 e. The van der Waals surface area contributed by atoms with E-state index < -0.39 is 16.8 Å². The number of hydrogen-bond acceptors (Lipinski definition) is 3. The fraction of sp³-hybridized carbons (Fsp3) is 0.100. The standard InChI is InChI=1S/C10H4ClF3N2O2/c11-7-4-9(10(12,13)14)15-8-2-1-5(16(17)18)3-6(7)8/h1-4H. The maximum Gasteiger partial charge on any atom is 0.433 e. The quantitative estimate of drug-likeness (QED) is 0.588. The van der Waals surface area contributed by atoms with E-state index in [2.05, 4.69) is 4.98 Å². The van der Waals surface area contributed by atoms with E-state index in [1.807, 2.05) is 0 Å². The molecule has 1 heterocycles. The van der Waals surface area contributed by atoms with Crippen LogP contribution >= 0.6 is 11.6 Å². The molecule has 0 bridgehead atoms. The molecule has 0 saturated carbocycles. The van der Waals surface area contributed by atoms with Gasteiger partial charge in [-0.05, 0) is 12.1 Å². The molecule has 1 aromatic heterocycles. The number of rotatable bonds is 1. The normalized spacial score (nSPS) is 11.8. The van der Waals surface area contributed by atoms with Gasteiger partial charge in [-0.25, -0.2) is 4.98 Å². The van der Waals surface area contributed by atoms with E-state index in [0.717, 1.165) is 18.2 Å². The summed E-state index contributed by atoms with van der Waals surface area (Å²) in [6.45, 7) is 0. The van der Waals surface area contributed by atoms with Gasteiger partial charge < -0.3 is 0 Å². The zero-order valence-corrected chi connectivity index (χ0v) is 9.29. The third-order valence-corrected chi connectivity index (χ3v) is 2.56. The van der Waals surface area contributed by atoms with Crippen LogP contribution in [-0.4, -0.2) is 9.91 Å². The second-order valence-electron chi connectivity index (χ2n) is 3.45. The monoisotopic (exact) mass is 276 g/mol. The Morgan fingerprint density at radius 1 is 1.28 bits per heavy atom. The first kappa shape index (κ1) is 12.6. The number of alkyl halides is 3. The molecule has 2 rings (SSSR count). The van der Waals surface area contributed by atoms with Crippen LogP contribution in [-0.2, 0) is 6.18 Å². The number of nitro benzene ring substituents is 1. The Morgan fingerprint density at radius 2 is 1.94 bits per heavy atom. The maximum atomic E-state index is 12.5. The van der Waals surface area contributed by atoms with Crippen molar-refractivity contribution < 1.29 is 18.1 Å². The second-order valence-corrected chi connectivity index (χ2v) is 3.85. The highest BCUT2D eigenvalue weighted by atomic mass is 35.5. The lowest BCUT2D eigenvalue weighted by Gasteiger charge is -2.08. The molecule has 94 valence electrons. The van der Waals surface area contributed by atoms with Gasteiger partial charge in [-0.1, -0.05) is 11.6 Å². The van der Waals surface area contributed by atoms with Gasteiger partial charge in [0.15, 0.2) is 0 Å². The first-order valence-electron chi connectivity index (χ1n) is 4.61. The minimum absolute atomic E-state index is 0.0413. The van der Waals surface area contributed by atoms with Crippen molar-refractivity contribution in [2.75, 3.05) is 0 Å². The van der Waals surface area contributed by atoms with Crippen LogP contribution in [0.15, 0.2) is 24.3 Å². The molecule has 0 aliphatic rings. The summed E-state index contributed by atoms with van der Waals surface area (Å²) >= 11 is 5.68. The zero-order valence-electron chi connectivity index (χ0n) is 8.53. The summed E-state index contributed by atoms with van der Waals surface area (Å²) in [5.41, 5.74) is -1.43. The van der Waals surface area contributed by atoms with E-state index in [-0.39, 0.29) is 21.6 Å². The number of halogens is 4. The van der Waals surface area contributed by atoms with E-state index >= 15 is 0 Å². The summed E-state index contributed by atoms with van der Waals surface area (Å²) in [6.07, 6.45) is -4.61. The summed E-state index contributed by atoms with van der Waals surface area (Å²) in [5.74, 6) is 0. The summed E-state index contributed by atoms with van der Waals surface area (Å²) in [4.78, 5) is 13.3. The largest absolute Gasteiger partial charge is 0.433 e. The first-order chi connectivity index (χ1) is 8.29. The molecule has 1 aromatic carbocycles. The third kappa shape index (κ3) is 2.21. The number of pyridine rings is 1. The maximum absolute atomic E-state index is 12.5. The van der Waals surface area contributed by atoms with Crippen LogP contribution in [0.3, 0.4) is 0 Å². The van der Waals surface area contributed by atoms with Gasteiger partial charge in [0.25, 0.3) is 5.69 Å². The Hall–Kier alpha value is -1.89. The van der Waals surface area contributed by atoms with Crippen molar-refractivity contribution in [2.24, 2.45) is 0 Å². The number of non-ortho nitro benzene ring substituents is 1. The molecule has 0 amide bonds. The average Bonchev–Trinajstić information content (AvgIpc) is 2.27. The van der Waals surface area contributed by atoms with Crippen molar-refractivity contribution in [2.45, 2.75) is 6.18 Å². The molecule has 0 N–H and O–H groups in total. The SMILES string of the molecule is O=[N+]([O-])c1ccc2nc(C(F)(F)F)cc(Cl)c2c1. The van der Waals surface area contributed by atoms with Crippen LogP contribution in [0.1, 0.15) is 5.69 Å². The number of fused-ring (bicyclic) bond motifs is 1. The molecule has 4 nitrogen and oxygen atoms in total. The molecule has 8 heteroatoms. The lowest BCUT2D eigenvalue weighted by atomic mass is 10.2. The van der Waals surface area contributed by atoms with Crippen LogP contribution in [0, 0.1) is 10.1 Å². The Bertz CT molecular complexity index is 643. The van der Waals surface area contributed by atoms with Crippen molar-refractivity contribution in [1.82, 2.24) is 4.98 Å². The van der Waals surface area contributed by atoms with E-state index in [9.17, 15) is 23.3 Å². The highest BCUT2D eigenvalue weighted by Gasteiger charge is 2.33. The van der Waals surface area contributed by atoms with Gasteiger partial charge in [0.05, 0.1) is 15.5 Å². The first-order valence-corrected chi connectivity index (χ1v) is 4.99. The molecule has 2 aromatic rings. The molecule has 0 saturated heterocycles. The van der Waals surface area contributed by atoms with Crippen LogP contribution in [0.4, 0.5) is 18.9 Å². The van der Waals surface area contributed by atoms with Gasteiger partial charge in [0.1, 0.15) is 5.69 Å². The number of nitrogens with zero attached hydrogens (tertiary/aromatic N) is 2. The van der Waals surface area contributed by atoms with E-state index in [1.165, 1.54) is 0 Å². The molecule has 18 heavy (non-hydrogen) atoms. The molecule has 0 atom stereocenters. The molecule has 0 aliphatic heterocycles. The van der Waals surface area contributed by atoms with Gasteiger partial charge in [0, 0.05) is 17.5 Å². The van der Waals surface area contributed by atoms with Gasteiger partial charge in [0.2, 0.25) is 0 Å². The highest BCUT2D eigenvalue weighted by Crippen LogP contribution is 2.33. The van der Waals surface area contributed by atoms with Crippen molar-refractivity contribution in [3.63, 3.8) is 0 Å². The number of nitro groups is 1. The fourth-order valence-corrected chi connectivity index (χ4v) is 1.69. The number of benzene rings is 1. The summed E-state index contributed by atoms with van der Waals surface area (Å²) in [7, 11) is 0. The van der Waals surface area contributed by atoms with Crippen LogP contribution in [0.5, 0.6) is 0 Å². The lowest BCUT2D eigenvalue weighted by molar-refractivity contribution is -0.384. The van der Waals surface area contributed by atoms with E-state index in [0.29, 0.717) is 6.07 Å². The van der Waals surface area contributed by atoms with E-state index in [4.69, 9.17) is 11.6 Å². The summed E-state index contributed by atoms with van der Waals surface area (Å²) < 4.78 is 37.4. The summed E-state index contributed by atoms with van der Waals surface area (Å²) in [6, 6.07) is 3.94. The number of aromatic nitrogens is 1. The molecular weight excluding hydrogens is 273 g/mol. The Morgan fingerprint density at radius 3 is 2.50 bits per heavy atom. The predicted octanol–water partition coefficient (Wildman–Crippen LogP) is 3.82. The van der Waals surface area contributed by atoms with Gasteiger partial charge in [-0.15, -0.1) is 0 Å². The fourth-order valence-electron chi connectivity index (χ4n) is 1.43. The Labute approximate surface area is 103 Å². The van der Waals surface area contributed by atoms with E-state index in [1.54, 1.807) is 0 Å². The highest BCUT2D eigenvalue weighted by molar-refractivity contribution is 6.35. The molecule has 0 fully saturated rings. The Kier molecular flexibility index (Phi) is 2.86. The van der Waals surface area contributed by atoms with Crippen LogP contribution in [0.25, 0.3) is 10.9 Å². The van der Waals surface area contributed by atoms with Crippen molar-refractivity contribution in [3.8, 4) is 0 Å². The minimum Gasteiger partial charge on any atom is -0.258 e. The topological polar surface area (TPSA) is 56.0 Å². The molecule has 0 spiro atoms. The lowest BCUT2D eigenvalue weighted by Crippen LogP contribution is -2.08. The molecule has 0 aliphatic carbocycles. The van der Waals surface area contributed by atoms with Crippen molar-refractivity contribution in [1.29, 1.82) is 0 Å². The third-order valence-electron chi connectivity index (χ3n) is 2.24. The minimum atomic E-state index is -4.61. The second kappa shape index (κ2) is 4.09. The van der Waals surface area contributed by atoms with Gasteiger partial charge in [-0.3, -0.25) is 10.1 Å². The van der Waals surface area contributed by atoms with Crippen LogP contribution in [0.2, 0.25) is 5.02 Å². The Balaban J connectivity index is 2.70.